The van der Waals surface area contributed by atoms with Crippen LogP contribution in [0.25, 0.3) is 0 Å². The van der Waals surface area contributed by atoms with Gasteiger partial charge in [0, 0.05) is 17.5 Å². The number of carbonyl (C=O) groups excluding carboxylic acids is 1. The molecule has 0 spiro atoms. The summed E-state index contributed by atoms with van der Waals surface area (Å²) in [6.07, 6.45) is 0. The van der Waals surface area contributed by atoms with Crippen LogP contribution in [0, 0.1) is 5.41 Å². The number of nitrogens with one attached hydrogen (secondary N) is 1. The van der Waals surface area contributed by atoms with E-state index in [1.807, 2.05) is 13.8 Å². The third-order valence-electron chi connectivity index (χ3n) is 2.99. The predicted molar refractivity (Wildman–Crippen MR) is 75.5 cm³/mol. The molecule has 0 unspecified atom stereocenters. The van der Waals surface area contributed by atoms with E-state index < -0.39 is 5.41 Å². The fraction of sp³-hybridized carbons (Fsp3) is 0.385. The Morgan fingerprint density at radius 1 is 1.42 bits per heavy atom. The molecular formula is C13H16N2O3S. The van der Waals surface area contributed by atoms with Crippen molar-refractivity contribution in [2.45, 2.75) is 13.8 Å². The zero-order chi connectivity index (χ0) is 14.0. The molecule has 1 aromatic carbocycles. The first-order valence-corrected chi connectivity index (χ1v) is 6.29. The summed E-state index contributed by atoms with van der Waals surface area (Å²) in [5, 5.41) is 2.81. The van der Waals surface area contributed by atoms with Gasteiger partial charge in [-0.15, -0.1) is 0 Å². The summed E-state index contributed by atoms with van der Waals surface area (Å²) in [4.78, 5) is 12.4. The first kappa shape index (κ1) is 13.6. The van der Waals surface area contributed by atoms with Crippen LogP contribution in [0.4, 0.5) is 0 Å². The summed E-state index contributed by atoms with van der Waals surface area (Å²) in [6, 6.07) is 5.07. The second-order valence-electron chi connectivity index (χ2n) is 5.00. The summed E-state index contributed by atoms with van der Waals surface area (Å²) in [5.41, 5.74) is 5.71. The molecule has 1 amide bonds. The van der Waals surface area contributed by atoms with Crippen molar-refractivity contribution in [2.24, 2.45) is 11.1 Å². The van der Waals surface area contributed by atoms with Crippen LogP contribution in [0.2, 0.25) is 0 Å². The summed E-state index contributed by atoms with van der Waals surface area (Å²) in [6.45, 7) is 4.34. The Kier molecular flexibility index (Phi) is 3.61. The first-order chi connectivity index (χ1) is 8.90. The third-order valence-corrected chi connectivity index (χ3v) is 3.55. The average Bonchev–Trinajstić information content (AvgIpc) is 2.82. The van der Waals surface area contributed by atoms with E-state index in [0.717, 1.165) is 0 Å². The number of hydrogen-bond donors (Lipinski definition) is 2. The highest BCUT2D eigenvalue weighted by molar-refractivity contribution is 7.80. The van der Waals surface area contributed by atoms with Gasteiger partial charge < -0.3 is 20.5 Å². The standard InChI is InChI=1S/C13H16N2O3S/c1-13(2,12(14)19)6-15-11(16)8-3-4-9-10(5-8)18-7-17-9/h3-5H,6-7H2,1-2H3,(H2,14,19)(H,15,16). The van der Waals surface area contributed by atoms with Crippen LogP contribution in [0.5, 0.6) is 11.5 Å². The van der Waals surface area contributed by atoms with E-state index >= 15 is 0 Å². The second kappa shape index (κ2) is 5.05. The Bertz CT molecular complexity index is 529. The minimum atomic E-state index is -0.415. The molecule has 0 atom stereocenters. The SMILES string of the molecule is CC(C)(CNC(=O)c1ccc2c(c1)OCO2)C(N)=S. The highest BCUT2D eigenvalue weighted by Crippen LogP contribution is 2.32. The van der Waals surface area contributed by atoms with Crippen LogP contribution in [0.3, 0.4) is 0 Å². The molecule has 3 N–H and O–H groups in total. The van der Waals surface area contributed by atoms with Crippen LogP contribution in [-0.4, -0.2) is 24.2 Å². The van der Waals surface area contributed by atoms with Crippen LogP contribution in [0.15, 0.2) is 18.2 Å². The molecular weight excluding hydrogens is 264 g/mol. The van der Waals surface area contributed by atoms with Crippen molar-refractivity contribution in [1.82, 2.24) is 5.32 Å². The molecule has 0 fully saturated rings. The summed E-state index contributed by atoms with van der Waals surface area (Å²) in [5.74, 6) is 1.05. The van der Waals surface area contributed by atoms with Crippen molar-refractivity contribution < 1.29 is 14.3 Å². The van der Waals surface area contributed by atoms with Gasteiger partial charge in [-0.25, -0.2) is 0 Å². The number of fused-ring (bicyclic) bond motifs is 1. The lowest BCUT2D eigenvalue weighted by atomic mass is 9.93. The fourth-order valence-electron chi connectivity index (χ4n) is 1.53. The molecule has 1 aliphatic rings. The summed E-state index contributed by atoms with van der Waals surface area (Å²) in [7, 11) is 0. The largest absolute Gasteiger partial charge is 0.454 e. The molecule has 19 heavy (non-hydrogen) atoms. The Morgan fingerprint density at radius 3 is 2.79 bits per heavy atom. The molecule has 2 rings (SSSR count). The van der Waals surface area contributed by atoms with Gasteiger partial charge in [-0.1, -0.05) is 26.1 Å². The van der Waals surface area contributed by atoms with Crippen molar-refractivity contribution in [1.29, 1.82) is 0 Å². The van der Waals surface area contributed by atoms with E-state index in [1.165, 1.54) is 0 Å². The molecule has 0 saturated carbocycles. The second-order valence-corrected chi connectivity index (χ2v) is 5.44. The lowest BCUT2D eigenvalue weighted by molar-refractivity contribution is 0.0944. The minimum Gasteiger partial charge on any atom is -0.454 e. The number of benzene rings is 1. The van der Waals surface area contributed by atoms with Gasteiger partial charge in [0.15, 0.2) is 11.5 Å². The van der Waals surface area contributed by atoms with Crippen molar-refractivity contribution in [2.75, 3.05) is 13.3 Å². The Morgan fingerprint density at radius 2 is 2.11 bits per heavy atom. The molecule has 1 aliphatic heterocycles. The first-order valence-electron chi connectivity index (χ1n) is 5.88. The van der Waals surface area contributed by atoms with Crippen LogP contribution in [0.1, 0.15) is 24.2 Å². The van der Waals surface area contributed by atoms with Crippen LogP contribution < -0.4 is 20.5 Å². The van der Waals surface area contributed by atoms with Gasteiger partial charge in [0.05, 0.1) is 4.99 Å². The maximum Gasteiger partial charge on any atom is 0.251 e. The lowest BCUT2D eigenvalue weighted by Gasteiger charge is -2.23. The normalized spacial score (nSPS) is 13.2. The number of amides is 1. The molecule has 5 nitrogen and oxygen atoms in total. The van der Waals surface area contributed by atoms with Gasteiger partial charge in [-0.3, -0.25) is 4.79 Å². The highest BCUT2D eigenvalue weighted by Gasteiger charge is 2.23. The number of ether oxygens (including phenoxy) is 2. The maximum atomic E-state index is 12.0. The smallest absolute Gasteiger partial charge is 0.251 e. The Labute approximate surface area is 117 Å². The van der Waals surface area contributed by atoms with E-state index in [9.17, 15) is 4.79 Å². The van der Waals surface area contributed by atoms with Gasteiger partial charge in [0.25, 0.3) is 5.91 Å². The van der Waals surface area contributed by atoms with Gasteiger partial charge >= 0.3 is 0 Å². The quantitative estimate of drug-likeness (QED) is 0.817. The third kappa shape index (κ3) is 2.96. The van der Waals surface area contributed by atoms with E-state index in [2.05, 4.69) is 5.32 Å². The number of rotatable bonds is 4. The van der Waals surface area contributed by atoms with Gasteiger partial charge in [-0.05, 0) is 18.2 Å². The highest BCUT2D eigenvalue weighted by atomic mass is 32.1. The van der Waals surface area contributed by atoms with E-state index in [1.54, 1.807) is 18.2 Å². The van der Waals surface area contributed by atoms with Crippen LogP contribution in [-0.2, 0) is 0 Å². The molecule has 0 radical (unpaired) electrons. The monoisotopic (exact) mass is 280 g/mol. The number of thiocarbonyl (C=S) groups is 1. The van der Waals surface area contributed by atoms with Crippen molar-refractivity contribution in [3.63, 3.8) is 0 Å². The predicted octanol–water partition coefficient (Wildman–Crippen LogP) is 1.46. The molecule has 0 aliphatic carbocycles. The molecule has 0 saturated heterocycles. The molecule has 1 heterocycles. The topological polar surface area (TPSA) is 73.6 Å². The molecule has 0 aromatic heterocycles. The van der Waals surface area contributed by atoms with E-state index in [4.69, 9.17) is 27.4 Å². The lowest BCUT2D eigenvalue weighted by Crippen LogP contribution is -2.41. The van der Waals surface area contributed by atoms with E-state index in [0.29, 0.717) is 28.6 Å². The molecule has 102 valence electrons. The Hall–Kier alpha value is -1.82. The zero-order valence-corrected chi connectivity index (χ0v) is 11.7. The van der Waals surface area contributed by atoms with Crippen molar-refractivity contribution >= 4 is 23.1 Å². The molecule has 1 aromatic rings. The van der Waals surface area contributed by atoms with Crippen molar-refractivity contribution in [3.8, 4) is 11.5 Å². The average molecular weight is 280 g/mol. The maximum absolute atomic E-state index is 12.0. The summed E-state index contributed by atoms with van der Waals surface area (Å²) < 4.78 is 10.4. The van der Waals surface area contributed by atoms with Crippen LogP contribution >= 0.6 is 12.2 Å². The summed E-state index contributed by atoms with van der Waals surface area (Å²) >= 11 is 4.96. The number of nitrogens with two attached hydrogens (primary N) is 1. The number of hydrogen-bond acceptors (Lipinski definition) is 4. The Balaban J connectivity index is 2.03. The van der Waals surface area contributed by atoms with Crippen molar-refractivity contribution in [3.05, 3.63) is 23.8 Å². The number of carbonyl (C=O) groups is 1. The van der Waals surface area contributed by atoms with Gasteiger partial charge in [0.2, 0.25) is 6.79 Å². The minimum absolute atomic E-state index is 0.189. The van der Waals surface area contributed by atoms with E-state index in [-0.39, 0.29) is 12.7 Å². The molecule has 6 heteroatoms. The van der Waals surface area contributed by atoms with Gasteiger partial charge in [0.1, 0.15) is 0 Å². The zero-order valence-electron chi connectivity index (χ0n) is 10.9. The van der Waals surface area contributed by atoms with Gasteiger partial charge in [-0.2, -0.15) is 0 Å². The molecule has 0 bridgehead atoms. The fourth-order valence-corrected chi connectivity index (χ4v) is 1.60.